The van der Waals surface area contributed by atoms with Crippen molar-refractivity contribution < 1.29 is 14.3 Å². The number of amides is 1. The van der Waals surface area contributed by atoms with Crippen molar-refractivity contribution in [2.45, 2.75) is 39.9 Å². The van der Waals surface area contributed by atoms with Crippen molar-refractivity contribution in [3.8, 4) is 0 Å². The van der Waals surface area contributed by atoms with Gasteiger partial charge in [0.1, 0.15) is 0 Å². The summed E-state index contributed by atoms with van der Waals surface area (Å²) in [6, 6.07) is 0. The maximum absolute atomic E-state index is 11.5. The molecule has 1 rings (SSSR count). The van der Waals surface area contributed by atoms with Crippen LogP contribution in [-0.4, -0.2) is 32.0 Å². The Morgan fingerprint density at radius 2 is 1.93 bits per heavy atom. The maximum Gasteiger partial charge on any atom is 0.225 e. The molecule has 1 fully saturated rings. The van der Waals surface area contributed by atoms with Gasteiger partial charge in [-0.3, -0.25) is 4.79 Å². The molecule has 4 heteroatoms. The zero-order valence-corrected chi connectivity index (χ0v) is 9.84. The topological polar surface area (TPSA) is 47.6 Å². The first-order valence-electron chi connectivity index (χ1n) is 5.51. The molecular formula is C11H21NO3. The monoisotopic (exact) mass is 215 g/mol. The highest BCUT2D eigenvalue weighted by Crippen LogP contribution is 2.13. The summed E-state index contributed by atoms with van der Waals surface area (Å²) in [7, 11) is 0. The number of hydrogen-bond acceptors (Lipinski definition) is 3. The van der Waals surface area contributed by atoms with Crippen LogP contribution in [0, 0.1) is 5.41 Å². The molecule has 0 atom stereocenters. The Balaban J connectivity index is 2.12. The lowest BCUT2D eigenvalue weighted by Gasteiger charge is -2.24. The van der Waals surface area contributed by atoms with Crippen LogP contribution in [0.3, 0.4) is 0 Å². The lowest BCUT2D eigenvalue weighted by atomic mass is 9.96. The van der Waals surface area contributed by atoms with Crippen LogP contribution >= 0.6 is 0 Å². The minimum absolute atomic E-state index is 0.0679. The Labute approximate surface area is 91.3 Å². The van der Waals surface area contributed by atoms with E-state index in [0.717, 1.165) is 26.1 Å². The van der Waals surface area contributed by atoms with Gasteiger partial charge in [-0.15, -0.1) is 0 Å². The van der Waals surface area contributed by atoms with Crippen molar-refractivity contribution in [2.24, 2.45) is 5.41 Å². The molecule has 15 heavy (non-hydrogen) atoms. The Bertz CT molecular complexity index is 204. The Hall–Kier alpha value is -0.610. The van der Waals surface area contributed by atoms with E-state index in [1.54, 1.807) is 0 Å². The van der Waals surface area contributed by atoms with Crippen LogP contribution in [-0.2, 0) is 14.3 Å². The number of rotatable bonds is 3. The van der Waals surface area contributed by atoms with E-state index in [-0.39, 0.29) is 17.6 Å². The molecule has 1 heterocycles. The number of carbonyl (C=O) groups excluding carboxylic acids is 1. The van der Waals surface area contributed by atoms with Gasteiger partial charge in [0.15, 0.2) is 6.29 Å². The average Bonchev–Trinajstić information content (AvgIpc) is 2.18. The number of nitrogens with one attached hydrogen (secondary N) is 1. The third kappa shape index (κ3) is 4.62. The van der Waals surface area contributed by atoms with E-state index < -0.39 is 0 Å². The van der Waals surface area contributed by atoms with E-state index in [0.29, 0.717) is 6.54 Å². The van der Waals surface area contributed by atoms with Crippen molar-refractivity contribution in [1.82, 2.24) is 5.32 Å². The van der Waals surface area contributed by atoms with Gasteiger partial charge in [0.05, 0.1) is 13.2 Å². The zero-order valence-electron chi connectivity index (χ0n) is 9.84. The van der Waals surface area contributed by atoms with Crippen LogP contribution in [0.25, 0.3) is 0 Å². The summed E-state index contributed by atoms with van der Waals surface area (Å²) in [4.78, 5) is 11.5. The second-order valence-electron chi connectivity index (χ2n) is 4.82. The Morgan fingerprint density at radius 3 is 2.47 bits per heavy atom. The van der Waals surface area contributed by atoms with Gasteiger partial charge >= 0.3 is 0 Å². The largest absolute Gasteiger partial charge is 0.355 e. The van der Waals surface area contributed by atoms with E-state index in [9.17, 15) is 4.79 Å². The molecule has 0 saturated carbocycles. The predicted molar refractivity (Wildman–Crippen MR) is 57.4 cm³/mol. The van der Waals surface area contributed by atoms with E-state index in [2.05, 4.69) is 5.32 Å². The predicted octanol–water partition coefficient (Wildman–Crippen LogP) is 1.30. The molecule has 1 saturated heterocycles. The highest BCUT2D eigenvalue weighted by Gasteiger charge is 2.21. The first-order valence-corrected chi connectivity index (χ1v) is 5.51. The van der Waals surface area contributed by atoms with Crippen molar-refractivity contribution in [3.63, 3.8) is 0 Å². The lowest BCUT2D eigenvalue weighted by molar-refractivity contribution is -0.180. The van der Waals surface area contributed by atoms with Gasteiger partial charge in [-0.25, -0.2) is 0 Å². The SMILES string of the molecule is CC(C)(C)C(=O)NCCC1OCCCO1. The summed E-state index contributed by atoms with van der Waals surface area (Å²) in [5.41, 5.74) is -0.325. The van der Waals surface area contributed by atoms with Crippen LogP contribution in [0.5, 0.6) is 0 Å². The summed E-state index contributed by atoms with van der Waals surface area (Å²) in [5, 5.41) is 2.87. The van der Waals surface area contributed by atoms with Crippen LogP contribution in [0.4, 0.5) is 0 Å². The summed E-state index contributed by atoms with van der Waals surface area (Å²) >= 11 is 0. The normalized spacial score (nSPS) is 18.9. The standard InChI is InChI=1S/C11H21NO3/c1-11(2,3)10(13)12-6-5-9-14-7-4-8-15-9/h9H,4-8H2,1-3H3,(H,12,13). The molecule has 1 amide bonds. The van der Waals surface area contributed by atoms with Crippen molar-refractivity contribution in [2.75, 3.05) is 19.8 Å². The van der Waals surface area contributed by atoms with Crippen molar-refractivity contribution in [3.05, 3.63) is 0 Å². The first-order chi connectivity index (χ1) is 7.00. The zero-order chi connectivity index (χ0) is 11.3. The number of hydrogen-bond donors (Lipinski definition) is 1. The molecule has 0 aromatic carbocycles. The molecule has 0 spiro atoms. The van der Waals surface area contributed by atoms with Gasteiger partial charge in [-0.05, 0) is 6.42 Å². The Kier molecular flexibility index (Phi) is 4.54. The first kappa shape index (κ1) is 12.5. The van der Waals surface area contributed by atoms with Crippen molar-refractivity contribution in [1.29, 1.82) is 0 Å². The average molecular weight is 215 g/mol. The van der Waals surface area contributed by atoms with Gasteiger partial charge < -0.3 is 14.8 Å². The molecule has 0 unspecified atom stereocenters. The fourth-order valence-corrected chi connectivity index (χ4v) is 1.27. The molecular weight excluding hydrogens is 194 g/mol. The van der Waals surface area contributed by atoms with Gasteiger partial charge in [0.2, 0.25) is 5.91 Å². The third-order valence-electron chi connectivity index (χ3n) is 2.24. The second-order valence-corrected chi connectivity index (χ2v) is 4.82. The molecule has 4 nitrogen and oxygen atoms in total. The fraction of sp³-hybridized carbons (Fsp3) is 0.909. The van der Waals surface area contributed by atoms with E-state index >= 15 is 0 Å². The third-order valence-corrected chi connectivity index (χ3v) is 2.24. The van der Waals surface area contributed by atoms with Gasteiger partial charge in [0.25, 0.3) is 0 Å². The smallest absolute Gasteiger partial charge is 0.225 e. The molecule has 0 aromatic rings. The van der Waals surface area contributed by atoms with Crippen molar-refractivity contribution >= 4 is 5.91 Å². The van der Waals surface area contributed by atoms with E-state index in [1.165, 1.54) is 0 Å². The van der Waals surface area contributed by atoms with Crippen LogP contribution < -0.4 is 5.32 Å². The summed E-state index contributed by atoms with van der Waals surface area (Å²) in [5.74, 6) is 0.0679. The number of ether oxygens (including phenoxy) is 2. The van der Waals surface area contributed by atoms with Crippen LogP contribution in [0.1, 0.15) is 33.6 Å². The quantitative estimate of drug-likeness (QED) is 0.772. The Morgan fingerprint density at radius 1 is 1.33 bits per heavy atom. The molecule has 0 radical (unpaired) electrons. The molecule has 88 valence electrons. The summed E-state index contributed by atoms with van der Waals surface area (Å²) in [6.07, 6.45) is 1.55. The number of carbonyl (C=O) groups is 1. The van der Waals surface area contributed by atoms with Gasteiger partial charge in [-0.1, -0.05) is 20.8 Å². The summed E-state index contributed by atoms with van der Waals surface area (Å²) in [6.45, 7) is 7.83. The summed E-state index contributed by atoms with van der Waals surface area (Å²) < 4.78 is 10.7. The molecule has 1 aliphatic heterocycles. The van der Waals surface area contributed by atoms with Crippen LogP contribution in [0.15, 0.2) is 0 Å². The molecule has 1 N–H and O–H groups in total. The maximum atomic E-state index is 11.5. The highest BCUT2D eigenvalue weighted by atomic mass is 16.7. The molecule has 0 bridgehead atoms. The van der Waals surface area contributed by atoms with Crippen LogP contribution in [0.2, 0.25) is 0 Å². The van der Waals surface area contributed by atoms with E-state index in [1.807, 2.05) is 20.8 Å². The minimum atomic E-state index is -0.325. The molecule has 1 aliphatic rings. The van der Waals surface area contributed by atoms with E-state index in [4.69, 9.17) is 9.47 Å². The highest BCUT2D eigenvalue weighted by molar-refractivity contribution is 5.81. The molecule has 0 aliphatic carbocycles. The lowest BCUT2D eigenvalue weighted by Crippen LogP contribution is -2.37. The second kappa shape index (κ2) is 5.47. The fourth-order valence-electron chi connectivity index (χ4n) is 1.27. The molecule has 0 aromatic heterocycles. The van der Waals surface area contributed by atoms with Gasteiger partial charge in [-0.2, -0.15) is 0 Å². The minimum Gasteiger partial charge on any atom is -0.355 e. The van der Waals surface area contributed by atoms with Gasteiger partial charge in [0, 0.05) is 18.4 Å².